The molecule has 0 amide bonds. The third kappa shape index (κ3) is 4.96. The lowest BCUT2D eigenvalue weighted by atomic mass is 10.0. The number of ether oxygens (including phenoxy) is 1. The van der Waals surface area contributed by atoms with Gasteiger partial charge in [0.2, 0.25) is 0 Å². The fourth-order valence-corrected chi connectivity index (χ4v) is 2.33. The largest absolute Gasteiger partial charge is 0.487 e. The van der Waals surface area contributed by atoms with Crippen LogP contribution in [0.2, 0.25) is 0 Å². The lowest BCUT2D eigenvalue weighted by Gasteiger charge is -2.11. The van der Waals surface area contributed by atoms with Gasteiger partial charge in [-0.25, -0.2) is 0 Å². The second kappa shape index (κ2) is 8.14. The molecule has 0 aliphatic carbocycles. The maximum atomic E-state index is 10.7. The summed E-state index contributed by atoms with van der Waals surface area (Å²) in [6, 6.07) is 15.6. The predicted octanol–water partition coefficient (Wildman–Crippen LogP) is 5.40. The Kier molecular flexibility index (Phi) is 5.93. The summed E-state index contributed by atoms with van der Waals surface area (Å²) < 4.78 is 5.79. The summed E-state index contributed by atoms with van der Waals surface area (Å²) in [6.45, 7) is 6.08. The average molecular weight is 306 g/mol. The van der Waals surface area contributed by atoms with Gasteiger partial charge >= 0.3 is 0 Å². The molecule has 0 aromatic heterocycles. The Balaban J connectivity index is 2.10. The Morgan fingerprint density at radius 3 is 2.17 bits per heavy atom. The summed E-state index contributed by atoms with van der Waals surface area (Å²) in [4.78, 5) is 10.7. The van der Waals surface area contributed by atoms with Gasteiger partial charge in [0.1, 0.15) is 18.1 Å². The molecule has 2 heteroatoms. The molecule has 2 rings (SSSR count). The molecule has 2 aromatic carbocycles. The highest BCUT2D eigenvalue weighted by atomic mass is 16.5. The summed E-state index contributed by atoms with van der Waals surface area (Å²) in [5.74, 6) is 0.863. The van der Waals surface area contributed by atoms with Crippen LogP contribution >= 0.6 is 0 Å². The van der Waals surface area contributed by atoms with Gasteiger partial charge in [-0.05, 0) is 55.7 Å². The summed E-state index contributed by atoms with van der Waals surface area (Å²) in [7, 11) is 0. The Hall–Kier alpha value is -2.61. The number of carbonyl (C=O) groups excluding carboxylic acids is 1. The third-order valence-electron chi connectivity index (χ3n) is 3.55. The number of aldehydes is 1. The minimum Gasteiger partial charge on any atom is -0.487 e. The molecule has 0 heterocycles. The first-order valence-electron chi connectivity index (χ1n) is 7.76. The van der Waals surface area contributed by atoms with Crippen LogP contribution in [-0.2, 0) is 0 Å². The molecule has 0 aliphatic rings. The van der Waals surface area contributed by atoms with E-state index < -0.39 is 0 Å². The predicted molar refractivity (Wildman–Crippen MR) is 96.7 cm³/mol. The zero-order chi connectivity index (χ0) is 16.7. The first kappa shape index (κ1) is 16.8. The van der Waals surface area contributed by atoms with E-state index in [1.165, 1.54) is 0 Å². The van der Waals surface area contributed by atoms with Crippen molar-refractivity contribution in [2.75, 3.05) is 0 Å². The van der Waals surface area contributed by atoms with Crippen LogP contribution in [-0.4, -0.2) is 12.4 Å². The van der Waals surface area contributed by atoms with E-state index in [0.29, 0.717) is 5.56 Å². The van der Waals surface area contributed by atoms with Crippen molar-refractivity contribution in [3.63, 3.8) is 0 Å². The highest BCUT2D eigenvalue weighted by Crippen LogP contribution is 2.21. The highest BCUT2D eigenvalue weighted by molar-refractivity contribution is 5.81. The summed E-state index contributed by atoms with van der Waals surface area (Å²) in [6.07, 6.45) is 7.03. The smallest absolute Gasteiger partial charge is 0.150 e. The number of benzene rings is 2. The Labute approximate surface area is 138 Å². The summed E-state index contributed by atoms with van der Waals surface area (Å²) in [5.41, 5.74) is 4.08. The van der Waals surface area contributed by atoms with Gasteiger partial charge in [-0.15, -0.1) is 0 Å². The molecule has 1 unspecified atom stereocenters. The first-order valence-corrected chi connectivity index (χ1v) is 7.76. The van der Waals surface area contributed by atoms with E-state index in [-0.39, 0.29) is 6.10 Å². The fourth-order valence-electron chi connectivity index (χ4n) is 2.33. The molecule has 0 bridgehead atoms. The first-order chi connectivity index (χ1) is 11.1. The molecular formula is C21H22O2. The normalized spacial score (nSPS) is 13.1. The van der Waals surface area contributed by atoms with Gasteiger partial charge in [-0.3, -0.25) is 4.79 Å². The van der Waals surface area contributed by atoms with E-state index in [9.17, 15) is 4.79 Å². The monoisotopic (exact) mass is 306 g/mol. The van der Waals surface area contributed by atoms with E-state index in [1.807, 2.05) is 62.4 Å². The minimum absolute atomic E-state index is 0.0684. The van der Waals surface area contributed by atoms with Gasteiger partial charge in [0.15, 0.2) is 0 Å². The van der Waals surface area contributed by atoms with Gasteiger partial charge in [0, 0.05) is 5.56 Å². The van der Waals surface area contributed by atoms with Gasteiger partial charge < -0.3 is 4.74 Å². The molecule has 0 saturated heterocycles. The van der Waals surface area contributed by atoms with Crippen molar-refractivity contribution in [1.82, 2.24) is 0 Å². The van der Waals surface area contributed by atoms with Gasteiger partial charge in [-0.2, -0.15) is 0 Å². The minimum atomic E-state index is 0.0684. The van der Waals surface area contributed by atoms with E-state index in [0.717, 1.165) is 28.7 Å². The van der Waals surface area contributed by atoms with E-state index in [2.05, 4.69) is 25.1 Å². The van der Waals surface area contributed by atoms with Crippen molar-refractivity contribution in [3.8, 4) is 5.75 Å². The molecular weight excluding hydrogens is 284 g/mol. The molecule has 0 fully saturated rings. The second-order valence-corrected chi connectivity index (χ2v) is 5.48. The molecule has 118 valence electrons. The van der Waals surface area contributed by atoms with Crippen LogP contribution in [0.3, 0.4) is 0 Å². The van der Waals surface area contributed by atoms with Gasteiger partial charge in [0.05, 0.1) is 0 Å². The topological polar surface area (TPSA) is 26.3 Å². The zero-order valence-electron chi connectivity index (χ0n) is 13.8. The quantitative estimate of drug-likeness (QED) is 0.405. The van der Waals surface area contributed by atoms with Gasteiger partial charge in [0.25, 0.3) is 0 Å². The summed E-state index contributed by atoms with van der Waals surface area (Å²) >= 11 is 0. The zero-order valence-corrected chi connectivity index (χ0v) is 13.8. The van der Waals surface area contributed by atoms with Crippen LogP contribution < -0.4 is 4.74 Å². The number of carbonyl (C=O) groups is 1. The molecule has 2 nitrogen and oxygen atoms in total. The lowest BCUT2D eigenvalue weighted by Crippen LogP contribution is -2.07. The molecule has 0 N–H and O–H groups in total. The Morgan fingerprint density at radius 2 is 1.61 bits per heavy atom. The molecule has 0 saturated carbocycles. The maximum Gasteiger partial charge on any atom is 0.150 e. The number of allylic oxidation sites excluding steroid dienone is 2. The van der Waals surface area contributed by atoms with Crippen LogP contribution in [0.25, 0.3) is 11.6 Å². The molecule has 0 radical (unpaired) electrons. The van der Waals surface area contributed by atoms with Crippen LogP contribution in [0.5, 0.6) is 5.75 Å². The second-order valence-electron chi connectivity index (χ2n) is 5.48. The van der Waals surface area contributed by atoms with Crippen molar-refractivity contribution in [3.05, 3.63) is 77.4 Å². The van der Waals surface area contributed by atoms with E-state index in [4.69, 9.17) is 4.74 Å². The standard InChI is InChI=1S/C21H22O2/c1-4-5-17(3)23-21-12-10-20(11-13-21)16(2)14-18-6-8-19(15-22)9-7-18/h4-15,17H,1-3H3/b5-4+,16-14?. The molecule has 2 aromatic rings. The van der Waals surface area contributed by atoms with Crippen molar-refractivity contribution in [2.24, 2.45) is 0 Å². The summed E-state index contributed by atoms with van der Waals surface area (Å²) in [5, 5.41) is 0. The third-order valence-corrected chi connectivity index (χ3v) is 3.55. The number of rotatable bonds is 6. The highest BCUT2D eigenvalue weighted by Gasteiger charge is 2.01. The number of hydrogen-bond donors (Lipinski definition) is 0. The van der Waals surface area contributed by atoms with Gasteiger partial charge in [-0.1, -0.05) is 48.6 Å². The van der Waals surface area contributed by atoms with Crippen molar-refractivity contribution in [1.29, 1.82) is 0 Å². The van der Waals surface area contributed by atoms with Crippen LogP contribution in [0.1, 0.15) is 42.3 Å². The molecule has 0 spiro atoms. The van der Waals surface area contributed by atoms with Crippen molar-refractivity contribution in [2.45, 2.75) is 26.9 Å². The van der Waals surface area contributed by atoms with Crippen molar-refractivity contribution >= 4 is 17.9 Å². The molecule has 23 heavy (non-hydrogen) atoms. The van der Waals surface area contributed by atoms with Crippen molar-refractivity contribution < 1.29 is 9.53 Å². The van der Waals surface area contributed by atoms with E-state index >= 15 is 0 Å². The Bertz CT molecular complexity index is 692. The van der Waals surface area contributed by atoms with E-state index in [1.54, 1.807) is 0 Å². The maximum absolute atomic E-state index is 10.7. The van der Waals surface area contributed by atoms with Crippen LogP contribution in [0.15, 0.2) is 60.7 Å². The number of hydrogen-bond acceptors (Lipinski definition) is 2. The average Bonchev–Trinajstić information content (AvgIpc) is 2.56. The Morgan fingerprint density at radius 1 is 1.00 bits per heavy atom. The lowest BCUT2D eigenvalue weighted by molar-refractivity contribution is 0.112. The molecule has 0 aliphatic heterocycles. The van der Waals surface area contributed by atoms with Crippen LogP contribution in [0.4, 0.5) is 0 Å². The SMILES string of the molecule is C/C=C/C(C)Oc1ccc(C(C)=Cc2ccc(C=O)cc2)cc1. The van der Waals surface area contributed by atoms with Crippen LogP contribution in [0, 0.1) is 0 Å². The fraction of sp³-hybridized carbons (Fsp3) is 0.190. The molecule has 1 atom stereocenters.